The molecule has 0 spiro atoms. The highest BCUT2D eigenvalue weighted by Crippen LogP contribution is 2.10. The molecule has 0 bridgehead atoms. The van der Waals surface area contributed by atoms with Gasteiger partial charge in [0.25, 0.3) is 0 Å². The fourth-order valence-electron chi connectivity index (χ4n) is 1.48. The molecule has 0 aliphatic rings. The Morgan fingerprint density at radius 2 is 2.37 bits per heavy atom. The zero-order valence-electron chi connectivity index (χ0n) is 9.97. The van der Waals surface area contributed by atoms with Crippen molar-refractivity contribution in [1.29, 1.82) is 5.26 Å². The van der Waals surface area contributed by atoms with E-state index in [2.05, 4.69) is 20.8 Å². The average molecular weight is 256 g/mol. The van der Waals surface area contributed by atoms with Gasteiger partial charge in [0.1, 0.15) is 5.82 Å². The normalized spacial score (nSPS) is 9.63. The smallest absolute Gasteiger partial charge is 0.319 e. The average Bonchev–Trinajstić information content (AvgIpc) is 2.82. The van der Waals surface area contributed by atoms with Crippen molar-refractivity contribution in [2.24, 2.45) is 0 Å². The first-order chi connectivity index (χ1) is 9.19. The number of nitrogens with one attached hydrogen (secondary N) is 3. The molecule has 0 unspecified atom stereocenters. The molecule has 0 atom stereocenters. The van der Waals surface area contributed by atoms with Gasteiger partial charge < -0.3 is 16.4 Å². The van der Waals surface area contributed by atoms with Crippen molar-refractivity contribution < 1.29 is 4.79 Å². The van der Waals surface area contributed by atoms with Gasteiger partial charge in [-0.1, -0.05) is 6.07 Å². The number of anilines is 2. The van der Waals surface area contributed by atoms with Crippen LogP contribution in [0.4, 0.5) is 16.3 Å². The second-order valence-electron chi connectivity index (χ2n) is 3.81. The van der Waals surface area contributed by atoms with Crippen molar-refractivity contribution in [2.75, 3.05) is 11.1 Å². The van der Waals surface area contributed by atoms with Crippen LogP contribution in [0, 0.1) is 11.3 Å². The number of hydrogen-bond acceptors (Lipinski definition) is 4. The number of hydrogen-bond donors (Lipinski definition) is 4. The van der Waals surface area contributed by atoms with Gasteiger partial charge in [0.15, 0.2) is 0 Å². The van der Waals surface area contributed by atoms with Crippen LogP contribution in [-0.2, 0) is 6.54 Å². The minimum atomic E-state index is -0.379. The number of nitrogens with zero attached hydrogens (tertiary/aromatic N) is 2. The Kier molecular flexibility index (Phi) is 3.64. The first kappa shape index (κ1) is 12.4. The van der Waals surface area contributed by atoms with Gasteiger partial charge >= 0.3 is 6.03 Å². The molecule has 7 heteroatoms. The van der Waals surface area contributed by atoms with E-state index in [1.54, 1.807) is 30.5 Å². The zero-order valence-corrected chi connectivity index (χ0v) is 9.97. The van der Waals surface area contributed by atoms with E-state index in [0.29, 0.717) is 22.6 Å². The Morgan fingerprint density at radius 1 is 1.53 bits per heavy atom. The minimum Gasteiger partial charge on any atom is -0.384 e. The molecular formula is C12H12N6O. The number of aromatic nitrogens is 2. The summed E-state index contributed by atoms with van der Waals surface area (Å²) in [6, 6.07) is 8.27. The zero-order chi connectivity index (χ0) is 13.7. The SMILES string of the molecule is N#Cc1cccc(NC(=O)NCc2cn[nH]c2N)c1. The molecule has 0 saturated heterocycles. The summed E-state index contributed by atoms with van der Waals surface area (Å²) in [6.07, 6.45) is 1.55. The maximum Gasteiger partial charge on any atom is 0.319 e. The van der Waals surface area contributed by atoms with Gasteiger partial charge in [-0.15, -0.1) is 0 Å². The second-order valence-corrected chi connectivity index (χ2v) is 3.81. The number of amides is 2. The number of urea groups is 1. The van der Waals surface area contributed by atoms with Crippen LogP contribution >= 0.6 is 0 Å². The van der Waals surface area contributed by atoms with Crippen LogP contribution in [0.15, 0.2) is 30.5 Å². The first-order valence-corrected chi connectivity index (χ1v) is 5.52. The molecule has 0 radical (unpaired) electrons. The van der Waals surface area contributed by atoms with Crippen molar-refractivity contribution in [3.8, 4) is 6.07 Å². The summed E-state index contributed by atoms with van der Waals surface area (Å²) in [5.74, 6) is 0.423. The van der Waals surface area contributed by atoms with E-state index in [9.17, 15) is 4.79 Å². The maximum absolute atomic E-state index is 11.6. The van der Waals surface area contributed by atoms with Crippen LogP contribution < -0.4 is 16.4 Å². The summed E-state index contributed by atoms with van der Waals surface area (Å²) in [7, 11) is 0. The summed E-state index contributed by atoms with van der Waals surface area (Å²) in [5, 5.41) is 20.3. The van der Waals surface area contributed by atoms with Crippen LogP contribution in [0.2, 0.25) is 0 Å². The molecule has 0 aliphatic heterocycles. The van der Waals surface area contributed by atoms with Crippen molar-refractivity contribution in [2.45, 2.75) is 6.54 Å². The second kappa shape index (κ2) is 5.55. The molecule has 96 valence electrons. The lowest BCUT2D eigenvalue weighted by atomic mass is 10.2. The number of nitrogens with two attached hydrogens (primary N) is 1. The largest absolute Gasteiger partial charge is 0.384 e. The number of nitrogen functional groups attached to an aromatic ring is 1. The highest BCUT2D eigenvalue weighted by Gasteiger charge is 2.05. The van der Waals surface area contributed by atoms with Gasteiger partial charge in [0.2, 0.25) is 0 Å². The molecule has 1 aromatic heterocycles. The van der Waals surface area contributed by atoms with Crippen LogP contribution in [0.25, 0.3) is 0 Å². The van der Waals surface area contributed by atoms with Gasteiger partial charge in [-0.2, -0.15) is 10.4 Å². The van der Waals surface area contributed by atoms with Crippen LogP contribution in [0.3, 0.4) is 0 Å². The Balaban J connectivity index is 1.91. The van der Waals surface area contributed by atoms with E-state index in [-0.39, 0.29) is 12.6 Å². The molecule has 2 aromatic rings. The van der Waals surface area contributed by atoms with E-state index in [0.717, 1.165) is 0 Å². The molecule has 0 saturated carbocycles. The highest BCUT2D eigenvalue weighted by molar-refractivity contribution is 5.89. The van der Waals surface area contributed by atoms with Crippen molar-refractivity contribution >= 4 is 17.5 Å². The van der Waals surface area contributed by atoms with Crippen molar-refractivity contribution in [3.05, 3.63) is 41.6 Å². The lowest BCUT2D eigenvalue weighted by Crippen LogP contribution is -2.28. The number of benzene rings is 1. The molecule has 7 nitrogen and oxygen atoms in total. The van der Waals surface area contributed by atoms with Gasteiger partial charge in [0, 0.05) is 17.8 Å². The minimum absolute atomic E-state index is 0.270. The molecule has 1 heterocycles. The lowest BCUT2D eigenvalue weighted by molar-refractivity contribution is 0.252. The van der Waals surface area contributed by atoms with E-state index in [4.69, 9.17) is 11.0 Å². The molecule has 0 fully saturated rings. The quantitative estimate of drug-likeness (QED) is 0.659. The van der Waals surface area contributed by atoms with E-state index in [1.165, 1.54) is 0 Å². The van der Waals surface area contributed by atoms with E-state index >= 15 is 0 Å². The monoisotopic (exact) mass is 256 g/mol. The standard InChI is InChI=1S/C12H12N6O/c13-5-8-2-1-3-10(4-8)17-12(19)15-6-9-7-16-18-11(9)14/h1-4,7H,6H2,(H3,14,16,18)(H2,15,17,19). The summed E-state index contributed by atoms with van der Waals surface area (Å²) in [6.45, 7) is 0.270. The molecule has 19 heavy (non-hydrogen) atoms. The van der Waals surface area contributed by atoms with E-state index < -0.39 is 0 Å². The van der Waals surface area contributed by atoms with Gasteiger partial charge in [-0.3, -0.25) is 5.10 Å². The number of rotatable bonds is 3. The first-order valence-electron chi connectivity index (χ1n) is 5.52. The third-order valence-corrected chi connectivity index (χ3v) is 2.44. The van der Waals surface area contributed by atoms with Crippen molar-refractivity contribution in [1.82, 2.24) is 15.5 Å². The Labute approximate surface area is 109 Å². The lowest BCUT2D eigenvalue weighted by Gasteiger charge is -2.07. The molecular weight excluding hydrogens is 244 g/mol. The summed E-state index contributed by atoms with van der Waals surface area (Å²) in [5.41, 5.74) is 7.34. The predicted molar refractivity (Wildman–Crippen MR) is 70.0 cm³/mol. The summed E-state index contributed by atoms with van der Waals surface area (Å²) >= 11 is 0. The molecule has 0 aliphatic carbocycles. The van der Waals surface area contributed by atoms with Gasteiger partial charge in [0.05, 0.1) is 17.8 Å². The van der Waals surface area contributed by atoms with Gasteiger partial charge in [-0.05, 0) is 18.2 Å². The Hall–Kier alpha value is -3.01. The summed E-state index contributed by atoms with van der Waals surface area (Å²) in [4.78, 5) is 11.6. The number of carbonyl (C=O) groups excluding carboxylic acids is 1. The van der Waals surface area contributed by atoms with Gasteiger partial charge in [-0.25, -0.2) is 4.79 Å². The molecule has 2 amide bonds. The number of nitriles is 1. The topological polar surface area (TPSA) is 120 Å². The van der Waals surface area contributed by atoms with E-state index in [1.807, 2.05) is 6.07 Å². The molecule has 2 rings (SSSR count). The van der Waals surface area contributed by atoms with Crippen LogP contribution in [0.5, 0.6) is 0 Å². The number of carbonyl (C=O) groups is 1. The van der Waals surface area contributed by atoms with Crippen LogP contribution in [0.1, 0.15) is 11.1 Å². The maximum atomic E-state index is 11.6. The fraction of sp³-hybridized carbons (Fsp3) is 0.0833. The van der Waals surface area contributed by atoms with Crippen molar-refractivity contribution in [3.63, 3.8) is 0 Å². The van der Waals surface area contributed by atoms with Crippen LogP contribution in [-0.4, -0.2) is 16.2 Å². The third-order valence-electron chi connectivity index (χ3n) is 2.44. The Morgan fingerprint density at radius 3 is 3.05 bits per heavy atom. The highest BCUT2D eigenvalue weighted by atomic mass is 16.2. The number of H-pyrrole nitrogens is 1. The summed E-state index contributed by atoms with van der Waals surface area (Å²) < 4.78 is 0. The fourth-order valence-corrected chi connectivity index (χ4v) is 1.48. The Bertz CT molecular complexity index is 627. The number of aromatic amines is 1. The molecule has 1 aromatic carbocycles. The third kappa shape index (κ3) is 3.23. The molecule has 5 N–H and O–H groups in total. The predicted octanol–water partition coefficient (Wildman–Crippen LogP) is 1.19.